The summed E-state index contributed by atoms with van der Waals surface area (Å²) in [5, 5.41) is 4.68. The molecule has 21 heavy (non-hydrogen) atoms. The maximum Gasteiger partial charge on any atom is 0.251 e. The molecular weight excluding hydrogens is 311 g/mol. The Balaban J connectivity index is 2.10. The van der Waals surface area contributed by atoms with Crippen LogP contribution in [0.4, 0.5) is 11.6 Å². The summed E-state index contributed by atoms with van der Waals surface area (Å²) in [6, 6.07) is 8.34. The highest BCUT2D eigenvalue weighted by Gasteiger charge is 2.09. The number of aromatic nitrogens is 3. The second kappa shape index (κ2) is 5.35. The van der Waals surface area contributed by atoms with E-state index in [1.54, 1.807) is 37.5 Å². The number of aryl methyl sites for hydroxylation is 1. The van der Waals surface area contributed by atoms with Crippen LogP contribution in [0.25, 0.3) is 11.0 Å². The van der Waals surface area contributed by atoms with Gasteiger partial charge in [0.05, 0.1) is 15.7 Å². The molecule has 0 unspecified atom stereocenters. The summed E-state index contributed by atoms with van der Waals surface area (Å²) < 4.78 is 1.45. The summed E-state index contributed by atoms with van der Waals surface area (Å²) in [5.74, 6) is 0.318. The Morgan fingerprint density at radius 2 is 1.86 bits per heavy atom. The molecule has 1 aromatic carbocycles. The highest BCUT2D eigenvalue weighted by atomic mass is 35.5. The van der Waals surface area contributed by atoms with E-state index in [1.807, 2.05) is 0 Å². The lowest BCUT2D eigenvalue weighted by Gasteiger charge is -2.10. The quantitative estimate of drug-likeness (QED) is 0.786. The van der Waals surface area contributed by atoms with E-state index < -0.39 is 0 Å². The van der Waals surface area contributed by atoms with Crippen molar-refractivity contribution in [3.63, 3.8) is 0 Å². The molecule has 0 saturated heterocycles. The average molecular weight is 321 g/mol. The molecule has 0 aliphatic carbocycles. The molecule has 106 valence electrons. The van der Waals surface area contributed by atoms with Crippen molar-refractivity contribution in [2.24, 2.45) is 7.05 Å². The summed E-state index contributed by atoms with van der Waals surface area (Å²) in [6.07, 6.45) is 1.63. The summed E-state index contributed by atoms with van der Waals surface area (Å²) in [5.41, 5.74) is 0.923. The number of anilines is 2. The number of nitrogens with one attached hydrogen (secondary N) is 1. The van der Waals surface area contributed by atoms with Gasteiger partial charge in [0.1, 0.15) is 5.65 Å². The SMILES string of the molecule is Cn1c(=O)ccc2cnc(Nc3c(Cl)cccc3Cl)nc21. The zero-order valence-corrected chi connectivity index (χ0v) is 12.5. The minimum Gasteiger partial charge on any atom is -0.322 e. The maximum absolute atomic E-state index is 11.7. The highest BCUT2D eigenvalue weighted by Crippen LogP contribution is 2.31. The van der Waals surface area contributed by atoms with Gasteiger partial charge in [-0.05, 0) is 18.2 Å². The highest BCUT2D eigenvalue weighted by molar-refractivity contribution is 6.39. The fourth-order valence-electron chi connectivity index (χ4n) is 1.93. The van der Waals surface area contributed by atoms with Gasteiger partial charge in [-0.1, -0.05) is 29.3 Å². The number of hydrogen-bond acceptors (Lipinski definition) is 4. The molecule has 0 aliphatic heterocycles. The molecule has 0 amide bonds. The number of nitrogens with zero attached hydrogens (tertiary/aromatic N) is 3. The molecule has 0 bridgehead atoms. The first-order chi connectivity index (χ1) is 10.1. The van der Waals surface area contributed by atoms with Gasteiger partial charge in [0.15, 0.2) is 0 Å². The minimum atomic E-state index is -0.136. The largest absolute Gasteiger partial charge is 0.322 e. The summed E-state index contributed by atoms with van der Waals surface area (Å²) in [6.45, 7) is 0. The smallest absolute Gasteiger partial charge is 0.251 e. The van der Waals surface area contributed by atoms with E-state index in [-0.39, 0.29) is 5.56 Å². The van der Waals surface area contributed by atoms with Gasteiger partial charge in [0, 0.05) is 24.7 Å². The van der Waals surface area contributed by atoms with Gasteiger partial charge in [0.25, 0.3) is 5.56 Å². The number of pyridine rings is 1. The van der Waals surface area contributed by atoms with Crippen LogP contribution in [-0.2, 0) is 7.05 Å². The van der Waals surface area contributed by atoms with Gasteiger partial charge in [-0.3, -0.25) is 9.36 Å². The minimum absolute atomic E-state index is 0.136. The van der Waals surface area contributed by atoms with Crippen molar-refractivity contribution < 1.29 is 0 Å². The molecule has 0 fully saturated rings. The Morgan fingerprint density at radius 3 is 2.57 bits per heavy atom. The molecule has 3 rings (SSSR count). The topological polar surface area (TPSA) is 59.8 Å². The fraction of sp³-hybridized carbons (Fsp3) is 0.0714. The Bertz CT molecular complexity index is 872. The normalized spacial score (nSPS) is 10.8. The predicted octanol–water partition coefficient (Wildman–Crippen LogP) is 3.38. The Hall–Kier alpha value is -2.11. The van der Waals surface area contributed by atoms with E-state index in [4.69, 9.17) is 23.2 Å². The second-order valence-corrected chi connectivity index (χ2v) is 5.24. The van der Waals surface area contributed by atoms with Crippen molar-refractivity contribution in [1.82, 2.24) is 14.5 Å². The van der Waals surface area contributed by atoms with Crippen LogP contribution in [0.5, 0.6) is 0 Å². The molecule has 0 aliphatic rings. The molecular formula is C14H10Cl2N4O. The summed E-state index contributed by atoms with van der Waals surface area (Å²) in [7, 11) is 1.66. The van der Waals surface area contributed by atoms with Crippen LogP contribution in [0, 0.1) is 0 Å². The summed E-state index contributed by atoms with van der Waals surface area (Å²) in [4.78, 5) is 20.2. The van der Waals surface area contributed by atoms with Gasteiger partial charge in [-0.15, -0.1) is 0 Å². The molecule has 5 nitrogen and oxygen atoms in total. The van der Waals surface area contributed by atoms with Crippen LogP contribution in [0.1, 0.15) is 0 Å². The van der Waals surface area contributed by atoms with E-state index in [0.717, 1.165) is 5.39 Å². The van der Waals surface area contributed by atoms with Crippen LogP contribution in [-0.4, -0.2) is 14.5 Å². The third-order valence-corrected chi connectivity index (χ3v) is 3.68. The molecule has 1 N–H and O–H groups in total. The third kappa shape index (κ3) is 2.57. The molecule has 2 aromatic heterocycles. The van der Waals surface area contributed by atoms with E-state index >= 15 is 0 Å². The molecule has 0 spiro atoms. The Kier molecular flexibility index (Phi) is 3.53. The van der Waals surface area contributed by atoms with Crippen LogP contribution in [0.3, 0.4) is 0 Å². The number of hydrogen-bond donors (Lipinski definition) is 1. The van der Waals surface area contributed by atoms with E-state index in [1.165, 1.54) is 10.6 Å². The number of para-hydroxylation sites is 1. The van der Waals surface area contributed by atoms with Crippen LogP contribution in [0.2, 0.25) is 10.0 Å². The Labute approximate surface area is 130 Å². The molecule has 3 aromatic rings. The van der Waals surface area contributed by atoms with E-state index in [0.29, 0.717) is 27.3 Å². The van der Waals surface area contributed by atoms with Crippen LogP contribution in [0.15, 0.2) is 41.3 Å². The van der Waals surface area contributed by atoms with E-state index in [2.05, 4.69) is 15.3 Å². The van der Waals surface area contributed by atoms with Gasteiger partial charge in [-0.25, -0.2) is 4.98 Å². The van der Waals surface area contributed by atoms with Crippen molar-refractivity contribution in [2.45, 2.75) is 0 Å². The molecule has 0 saturated carbocycles. The average Bonchev–Trinajstić information content (AvgIpc) is 2.47. The van der Waals surface area contributed by atoms with Crippen molar-refractivity contribution in [3.05, 3.63) is 56.9 Å². The van der Waals surface area contributed by atoms with Gasteiger partial charge in [-0.2, -0.15) is 4.98 Å². The summed E-state index contributed by atoms with van der Waals surface area (Å²) >= 11 is 12.2. The van der Waals surface area contributed by atoms with Crippen LogP contribution < -0.4 is 10.9 Å². The molecule has 0 radical (unpaired) electrons. The Morgan fingerprint density at radius 1 is 1.14 bits per heavy atom. The zero-order chi connectivity index (χ0) is 15.0. The van der Waals surface area contributed by atoms with Crippen LogP contribution >= 0.6 is 23.2 Å². The van der Waals surface area contributed by atoms with Crippen molar-refractivity contribution in [3.8, 4) is 0 Å². The zero-order valence-electron chi connectivity index (χ0n) is 11.0. The van der Waals surface area contributed by atoms with Gasteiger partial charge < -0.3 is 5.32 Å². The standard InChI is InChI=1S/C14H10Cl2N4O/c1-20-11(21)6-5-8-7-17-14(19-13(8)20)18-12-9(15)3-2-4-10(12)16/h2-7H,1H3,(H,17,18,19). The molecule has 2 heterocycles. The lowest BCUT2D eigenvalue weighted by Crippen LogP contribution is -2.16. The first kappa shape index (κ1) is 13.9. The van der Waals surface area contributed by atoms with Crippen molar-refractivity contribution >= 4 is 45.9 Å². The third-order valence-electron chi connectivity index (χ3n) is 3.05. The first-order valence-corrected chi connectivity index (χ1v) is 6.85. The van der Waals surface area contributed by atoms with Crippen molar-refractivity contribution in [1.29, 1.82) is 0 Å². The van der Waals surface area contributed by atoms with Gasteiger partial charge >= 0.3 is 0 Å². The number of halogens is 2. The second-order valence-electron chi connectivity index (χ2n) is 4.42. The predicted molar refractivity (Wildman–Crippen MR) is 84.5 cm³/mol. The lowest BCUT2D eigenvalue weighted by atomic mass is 10.3. The maximum atomic E-state index is 11.7. The fourth-order valence-corrected chi connectivity index (χ4v) is 2.43. The molecule has 0 atom stereocenters. The van der Waals surface area contributed by atoms with E-state index in [9.17, 15) is 4.79 Å². The monoisotopic (exact) mass is 320 g/mol. The lowest BCUT2D eigenvalue weighted by molar-refractivity contribution is 0.885. The number of rotatable bonds is 2. The first-order valence-electron chi connectivity index (χ1n) is 6.10. The van der Waals surface area contributed by atoms with Gasteiger partial charge in [0.2, 0.25) is 5.95 Å². The van der Waals surface area contributed by atoms with Crippen molar-refractivity contribution in [2.75, 3.05) is 5.32 Å². The molecule has 7 heteroatoms. The number of benzene rings is 1. The number of fused-ring (bicyclic) bond motifs is 1.